The van der Waals surface area contributed by atoms with Crippen molar-refractivity contribution < 1.29 is 14.3 Å². The van der Waals surface area contributed by atoms with Crippen LogP contribution in [-0.2, 0) is 11.2 Å². The Morgan fingerprint density at radius 3 is 2.57 bits per heavy atom. The van der Waals surface area contributed by atoms with E-state index in [1.807, 2.05) is 0 Å². The number of benzene rings is 1. The lowest BCUT2D eigenvalue weighted by atomic mass is 9.86. The van der Waals surface area contributed by atoms with Gasteiger partial charge < -0.3 is 10.4 Å². The molecule has 1 aliphatic carbocycles. The lowest BCUT2D eigenvalue weighted by Crippen LogP contribution is -2.29. The Hall–Kier alpha value is -2.02. The Labute approximate surface area is 137 Å². The van der Waals surface area contributed by atoms with Gasteiger partial charge >= 0.3 is 5.97 Å². The number of aromatic nitrogens is 2. The van der Waals surface area contributed by atoms with Crippen molar-refractivity contribution in [2.75, 3.05) is 5.32 Å². The van der Waals surface area contributed by atoms with Gasteiger partial charge in [-0.05, 0) is 43.4 Å². The highest BCUT2D eigenvalue weighted by Gasteiger charge is 2.26. The quantitative estimate of drug-likeness (QED) is 0.877. The summed E-state index contributed by atoms with van der Waals surface area (Å²) < 4.78 is 12.9. The minimum absolute atomic E-state index is 0.212. The number of carboxylic acids is 1. The smallest absolute Gasteiger partial charge is 0.306 e. The summed E-state index contributed by atoms with van der Waals surface area (Å²) in [4.78, 5) is 11.0. The van der Waals surface area contributed by atoms with Crippen LogP contribution in [0.2, 0.25) is 0 Å². The first-order valence-corrected chi connectivity index (χ1v) is 8.48. The molecule has 0 radical (unpaired) electrons. The van der Waals surface area contributed by atoms with Gasteiger partial charge in [0.1, 0.15) is 10.8 Å². The number of nitrogens with zero attached hydrogens (tertiary/aromatic N) is 2. The zero-order valence-electron chi connectivity index (χ0n) is 12.5. The standard InChI is InChI=1S/C16H18FN3O2S/c17-12-5-1-10(2-6-12)9-14-19-20-16(23-14)18-13-7-3-11(4-8-13)15(21)22/h1-2,5-6,11,13H,3-4,7-9H2,(H,18,20)(H,21,22). The molecule has 0 amide bonds. The van der Waals surface area contributed by atoms with Crippen LogP contribution in [0.4, 0.5) is 9.52 Å². The third-order valence-corrected chi connectivity index (χ3v) is 4.99. The summed E-state index contributed by atoms with van der Waals surface area (Å²) in [6.45, 7) is 0. The van der Waals surface area contributed by atoms with E-state index in [0.717, 1.165) is 28.5 Å². The van der Waals surface area contributed by atoms with Gasteiger partial charge in [0.2, 0.25) is 5.13 Å². The molecule has 5 nitrogen and oxygen atoms in total. The zero-order valence-corrected chi connectivity index (χ0v) is 13.4. The number of halogens is 1. The number of carboxylic acid groups (broad SMARTS) is 1. The van der Waals surface area contributed by atoms with E-state index in [9.17, 15) is 9.18 Å². The molecule has 3 rings (SSSR count). The normalized spacial score (nSPS) is 21.1. The maximum Gasteiger partial charge on any atom is 0.306 e. The summed E-state index contributed by atoms with van der Waals surface area (Å²) in [6.07, 6.45) is 3.71. The molecule has 1 aromatic carbocycles. The predicted octanol–water partition coefficient (Wildman–Crippen LogP) is 3.32. The highest BCUT2D eigenvalue weighted by atomic mass is 32.1. The average molecular weight is 335 g/mol. The second kappa shape index (κ2) is 7.04. The molecule has 0 atom stereocenters. The molecule has 0 aliphatic heterocycles. The van der Waals surface area contributed by atoms with Crippen LogP contribution in [0, 0.1) is 11.7 Å². The molecule has 0 unspecified atom stereocenters. The van der Waals surface area contributed by atoms with Crippen molar-refractivity contribution in [3.63, 3.8) is 0 Å². The van der Waals surface area contributed by atoms with E-state index in [1.54, 1.807) is 12.1 Å². The second-order valence-electron chi connectivity index (χ2n) is 5.84. The van der Waals surface area contributed by atoms with Crippen molar-refractivity contribution in [3.8, 4) is 0 Å². The number of anilines is 1. The van der Waals surface area contributed by atoms with E-state index in [1.165, 1.54) is 23.5 Å². The van der Waals surface area contributed by atoms with Gasteiger partial charge in [-0.15, -0.1) is 10.2 Å². The molecular formula is C16H18FN3O2S. The Balaban J connectivity index is 1.53. The monoisotopic (exact) mass is 335 g/mol. The van der Waals surface area contributed by atoms with E-state index in [0.29, 0.717) is 19.3 Å². The molecule has 2 N–H and O–H groups in total. The lowest BCUT2D eigenvalue weighted by Gasteiger charge is -2.26. The summed E-state index contributed by atoms with van der Waals surface area (Å²) in [5.74, 6) is -1.15. The summed E-state index contributed by atoms with van der Waals surface area (Å²) in [5, 5.41) is 22.3. The molecule has 23 heavy (non-hydrogen) atoms. The van der Waals surface area contributed by atoms with Gasteiger partial charge in [0, 0.05) is 12.5 Å². The van der Waals surface area contributed by atoms with Gasteiger partial charge in [0.25, 0.3) is 0 Å². The summed E-state index contributed by atoms with van der Waals surface area (Å²) in [6, 6.07) is 6.64. The first-order chi connectivity index (χ1) is 11.1. The van der Waals surface area contributed by atoms with Crippen LogP contribution in [-0.4, -0.2) is 27.3 Å². The number of rotatable bonds is 5. The Bertz CT molecular complexity index is 666. The van der Waals surface area contributed by atoms with Gasteiger partial charge in [0.05, 0.1) is 5.92 Å². The number of hydrogen-bond donors (Lipinski definition) is 2. The van der Waals surface area contributed by atoms with E-state index in [2.05, 4.69) is 15.5 Å². The molecule has 2 aromatic rings. The molecule has 0 spiro atoms. The molecule has 1 heterocycles. The number of hydrogen-bond acceptors (Lipinski definition) is 5. The van der Waals surface area contributed by atoms with Crippen molar-refractivity contribution in [2.24, 2.45) is 5.92 Å². The number of nitrogens with one attached hydrogen (secondary N) is 1. The van der Waals surface area contributed by atoms with Crippen LogP contribution >= 0.6 is 11.3 Å². The SMILES string of the molecule is O=C(O)C1CCC(Nc2nnc(Cc3ccc(F)cc3)s2)CC1. The molecular weight excluding hydrogens is 317 g/mol. The second-order valence-corrected chi connectivity index (χ2v) is 6.90. The Morgan fingerprint density at radius 1 is 1.22 bits per heavy atom. The van der Waals surface area contributed by atoms with E-state index < -0.39 is 5.97 Å². The highest BCUT2D eigenvalue weighted by Crippen LogP contribution is 2.28. The van der Waals surface area contributed by atoms with Crippen LogP contribution in [0.5, 0.6) is 0 Å². The molecule has 1 aliphatic rings. The molecule has 0 saturated heterocycles. The molecule has 1 fully saturated rings. The largest absolute Gasteiger partial charge is 0.481 e. The lowest BCUT2D eigenvalue weighted by molar-refractivity contribution is -0.142. The minimum Gasteiger partial charge on any atom is -0.481 e. The molecule has 7 heteroatoms. The van der Waals surface area contributed by atoms with E-state index in [4.69, 9.17) is 5.11 Å². The van der Waals surface area contributed by atoms with Crippen molar-refractivity contribution in [2.45, 2.75) is 38.1 Å². The fourth-order valence-corrected chi connectivity index (χ4v) is 3.67. The van der Waals surface area contributed by atoms with Crippen LogP contribution in [0.1, 0.15) is 36.3 Å². The van der Waals surface area contributed by atoms with Gasteiger partial charge in [-0.2, -0.15) is 0 Å². The molecule has 1 aromatic heterocycles. The Kier molecular flexibility index (Phi) is 4.85. The summed E-state index contributed by atoms with van der Waals surface area (Å²) >= 11 is 1.49. The minimum atomic E-state index is -0.694. The number of aliphatic carboxylic acids is 1. The van der Waals surface area contributed by atoms with E-state index in [-0.39, 0.29) is 17.8 Å². The van der Waals surface area contributed by atoms with Crippen molar-refractivity contribution in [3.05, 3.63) is 40.7 Å². The van der Waals surface area contributed by atoms with Crippen LogP contribution in [0.15, 0.2) is 24.3 Å². The Morgan fingerprint density at radius 2 is 1.91 bits per heavy atom. The van der Waals surface area contributed by atoms with Gasteiger partial charge in [-0.25, -0.2) is 4.39 Å². The fraction of sp³-hybridized carbons (Fsp3) is 0.438. The molecule has 122 valence electrons. The topological polar surface area (TPSA) is 75.1 Å². The molecule has 1 saturated carbocycles. The summed E-state index contributed by atoms with van der Waals surface area (Å²) in [7, 11) is 0. The van der Waals surface area contributed by atoms with Gasteiger partial charge in [-0.3, -0.25) is 4.79 Å². The van der Waals surface area contributed by atoms with Crippen LogP contribution in [0.3, 0.4) is 0 Å². The third-order valence-electron chi connectivity index (χ3n) is 4.14. The number of carbonyl (C=O) groups is 1. The van der Waals surface area contributed by atoms with Crippen molar-refractivity contribution in [1.82, 2.24) is 10.2 Å². The first kappa shape index (κ1) is 15.9. The third kappa shape index (κ3) is 4.25. The van der Waals surface area contributed by atoms with Crippen LogP contribution in [0.25, 0.3) is 0 Å². The fourth-order valence-electron chi connectivity index (χ4n) is 2.82. The van der Waals surface area contributed by atoms with Gasteiger partial charge in [0.15, 0.2) is 0 Å². The zero-order chi connectivity index (χ0) is 16.2. The van der Waals surface area contributed by atoms with Crippen LogP contribution < -0.4 is 5.32 Å². The average Bonchev–Trinajstić information content (AvgIpc) is 2.97. The van der Waals surface area contributed by atoms with E-state index >= 15 is 0 Å². The highest BCUT2D eigenvalue weighted by molar-refractivity contribution is 7.15. The maximum absolute atomic E-state index is 12.9. The summed E-state index contributed by atoms with van der Waals surface area (Å²) in [5.41, 5.74) is 0.996. The van der Waals surface area contributed by atoms with Crippen molar-refractivity contribution >= 4 is 22.4 Å². The van der Waals surface area contributed by atoms with Gasteiger partial charge in [-0.1, -0.05) is 23.5 Å². The maximum atomic E-state index is 12.9. The van der Waals surface area contributed by atoms with Crippen molar-refractivity contribution in [1.29, 1.82) is 0 Å². The predicted molar refractivity (Wildman–Crippen MR) is 86.1 cm³/mol. The molecule has 0 bridgehead atoms. The first-order valence-electron chi connectivity index (χ1n) is 7.66.